The summed E-state index contributed by atoms with van der Waals surface area (Å²) < 4.78 is 5.70. The summed E-state index contributed by atoms with van der Waals surface area (Å²) in [6, 6.07) is 3.70. The third kappa shape index (κ3) is 4.83. The molecule has 4 atom stereocenters. The molecule has 0 bridgehead atoms. The summed E-state index contributed by atoms with van der Waals surface area (Å²) in [6.07, 6.45) is 8.04. The fourth-order valence-corrected chi connectivity index (χ4v) is 4.86. The predicted molar refractivity (Wildman–Crippen MR) is 111 cm³/mol. The van der Waals surface area contributed by atoms with E-state index in [4.69, 9.17) is 4.74 Å². The van der Waals surface area contributed by atoms with Gasteiger partial charge in [-0.1, -0.05) is 6.42 Å². The Kier molecular flexibility index (Phi) is 7.52. The molecule has 0 spiro atoms. The second-order valence-electron chi connectivity index (χ2n) is 7.75. The van der Waals surface area contributed by atoms with Crippen molar-refractivity contribution in [2.45, 2.75) is 50.2 Å². The number of rotatable bonds is 6. The Labute approximate surface area is 168 Å². The maximum absolute atomic E-state index is 5.70. The Morgan fingerprint density at radius 1 is 1.26 bits per heavy atom. The normalized spacial score (nSPS) is 30.9. The van der Waals surface area contributed by atoms with Gasteiger partial charge in [-0.2, -0.15) is 0 Å². The molecule has 4 unspecified atom stereocenters. The van der Waals surface area contributed by atoms with Crippen LogP contribution in [0.15, 0.2) is 12.4 Å². The molecular formula is C19H33ClN6O. The summed E-state index contributed by atoms with van der Waals surface area (Å²) >= 11 is 0. The zero-order chi connectivity index (χ0) is 17.8. The number of anilines is 2. The van der Waals surface area contributed by atoms with E-state index in [1.807, 2.05) is 7.05 Å². The van der Waals surface area contributed by atoms with Gasteiger partial charge in [0.1, 0.15) is 18.0 Å². The zero-order valence-electron chi connectivity index (χ0n) is 16.2. The molecule has 1 aromatic rings. The van der Waals surface area contributed by atoms with Gasteiger partial charge in [-0.05, 0) is 31.6 Å². The molecule has 2 saturated heterocycles. The van der Waals surface area contributed by atoms with Crippen LogP contribution >= 0.6 is 12.4 Å². The van der Waals surface area contributed by atoms with E-state index in [9.17, 15) is 0 Å². The molecule has 7 nitrogen and oxygen atoms in total. The Morgan fingerprint density at radius 3 is 3.00 bits per heavy atom. The molecule has 1 aliphatic carbocycles. The number of morpholine rings is 1. The Morgan fingerprint density at radius 2 is 2.19 bits per heavy atom. The van der Waals surface area contributed by atoms with Gasteiger partial charge in [0.25, 0.3) is 0 Å². The summed E-state index contributed by atoms with van der Waals surface area (Å²) in [5.41, 5.74) is 0. The number of hydrogen-bond acceptors (Lipinski definition) is 7. The van der Waals surface area contributed by atoms with E-state index < -0.39 is 0 Å². The molecule has 3 aliphatic rings. The lowest BCUT2D eigenvalue weighted by molar-refractivity contribution is 0.0524. The highest BCUT2D eigenvalue weighted by Gasteiger charge is 2.35. The number of aromatic nitrogens is 2. The van der Waals surface area contributed by atoms with Gasteiger partial charge in [0, 0.05) is 50.9 Å². The molecule has 1 aromatic heterocycles. The van der Waals surface area contributed by atoms with Crippen LogP contribution in [0, 0.1) is 5.92 Å². The van der Waals surface area contributed by atoms with E-state index in [0.29, 0.717) is 24.0 Å². The molecule has 8 heteroatoms. The molecular weight excluding hydrogens is 364 g/mol. The van der Waals surface area contributed by atoms with Crippen molar-refractivity contribution in [2.75, 3.05) is 50.1 Å². The van der Waals surface area contributed by atoms with Crippen LogP contribution in [-0.2, 0) is 4.74 Å². The average Bonchev–Trinajstić information content (AvgIpc) is 3.36. The summed E-state index contributed by atoms with van der Waals surface area (Å²) in [7, 11) is 1.90. The zero-order valence-corrected chi connectivity index (χ0v) is 17.0. The molecule has 27 heavy (non-hydrogen) atoms. The van der Waals surface area contributed by atoms with Gasteiger partial charge in [0.05, 0.1) is 13.2 Å². The van der Waals surface area contributed by atoms with Crippen molar-refractivity contribution in [3.05, 3.63) is 12.4 Å². The fraction of sp³-hybridized carbons (Fsp3) is 0.789. The van der Waals surface area contributed by atoms with E-state index in [-0.39, 0.29) is 12.4 Å². The van der Waals surface area contributed by atoms with Gasteiger partial charge < -0.3 is 25.6 Å². The van der Waals surface area contributed by atoms with Crippen LogP contribution in [-0.4, -0.2) is 68.0 Å². The van der Waals surface area contributed by atoms with Crippen molar-refractivity contribution in [2.24, 2.45) is 5.92 Å². The van der Waals surface area contributed by atoms with Crippen molar-refractivity contribution < 1.29 is 4.74 Å². The topological polar surface area (TPSA) is 74.3 Å². The molecule has 0 radical (unpaired) electrons. The lowest BCUT2D eigenvalue weighted by Crippen LogP contribution is -2.52. The van der Waals surface area contributed by atoms with Crippen LogP contribution in [0.5, 0.6) is 0 Å². The van der Waals surface area contributed by atoms with E-state index in [1.165, 1.54) is 32.1 Å². The van der Waals surface area contributed by atoms with Gasteiger partial charge in [-0.3, -0.25) is 0 Å². The minimum atomic E-state index is 0. The first-order chi connectivity index (χ1) is 12.8. The van der Waals surface area contributed by atoms with Crippen LogP contribution < -0.4 is 20.9 Å². The maximum Gasteiger partial charge on any atom is 0.134 e. The van der Waals surface area contributed by atoms with Crippen molar-refractivity contribution in [1.82, 2.24) is 20.6 Å². The van der Waals surface area contributed by atoms with E-state index in [0.717, 1.165) is 44.5 Å². The van der Waals surface area contributed by atoms with Crippen LogP contribution in [0.3, 0.4) is 0 Å². The summed E-state index contributed by atoms with van der Waals surface area (Å²) in [4.78, 5) is 11.2. The summed E-state index contributed by atoms with van der Waals surface area (Å²) in [6.45, 7) is 4.83. The van der Waals surface area contributed by atoms with E-state index >= 15 is 0 Å². The average molecular weight is 397 g/mol. The Bertz CT molecular complexity index is 585. The standard InChI is InChI=1S/C19H32N6O.ClH/c1-20-18-10-19(24-13-23-18)25-8-3-4-14(25)11-22-16-6-2-5-15(16)17-12-26-9-7-21-17;/h10,13-17,21-22H,2-9,11-12H2,1H3,(H,20,23,24);1H. The molecule has 3 fully saturated rings. The number of nitrogens with zero attached hydrogens (tertiary/aromatic N) is 3. The Hall–Kier alpha value is -1.15. The molecule has 0 amide bonds. The Balaban J connectivity index is 0.00000210. The lowest BCUT2D eigenvalue weighted by Gasteiger charge is -2.34. The third-order valence-electron chi connectivity index (χ3n) is 6.23. The number of halogens is 1. The molecule has 3 heterocycles. The fourth-order valence-electron chi connectivity index (χ4n) is 4.86. The second-order valence-corrected chi connectivity index (χ2v) is 7.75. The highest BCUT2D eigenvalue weighted by molar-refractivity contribution is 5.85. The third-order valence-corrected chi connectivity index (χ3v) is 6.23. The molecule has 152 valence electrons. The van der Waals surface area contributed by atoms with Crippen LogP contribution in [0.1, 0.15) is 32.1 Å². The van der Waals surface area contributed by atoms with Crippen molar-refractivity contribution in [3.63, 3.8) is 0 Å². The quantitative estimate of drug-likeness (QED) is 0.675. The molecule has 4 rings (SSSR count). The highest BCUT2D eigenvalue weighted by atomic mass is 35.5. The number of hydrogen-bond donors (Lipinski definition) is 3. The van der Waals surface area contributed by atoms with Gasteiger partial charge in [0.2, 0.25) is 0 Å². The summed E-state index contributed by atoms with van der Waals surface area (Å²) in [5, 5.41) is 10.7. The van der Waals surface area contributed by atoms with Crippen molar-refractivity contribution >= 4 is 24.0 Å². The van der Waals surface area contributed by atoms with Gasteiger partial charge in [0.15, 0.2) is 0 Å². The lowest BCUT2D eigenvalue weighted by atomic mass is 9.94. The molecule has 2 aliphatic heterocycles. The summed E-state index contributed by atoms with van der Waals surface area (Å²) in [5.74, 6) is 2.62. The molecule has 3 N–H and O–H groups in total. The number of nitrogens with one attached hydrogen (secondary N) is 3. The minimum absolute atomic E-state index is 0. The number of ether oxygens (including phenoxy) is 1. The maximum atomic E-state index is 5.70. The largest absolute Gasteiger partial charge is 0.379 e. The smallest absolute Gasteiger partial charge is 0.134 e. The SMILES string of the molecule is CNc1cc(N2CCCC2CNC2CCCC2C2COCCN2)ncn1.Cl. The second kappa shape index (κ2) is 9.87. The van der Waals surface area contributed by atoms with Gasteiger partial charge >= 0.3 is 0 Å². The first-order valence-corrected chi connectivity index (χ1v) is 10.2. The molecule has 1 saturated carbocycles. The van der Waals surface area contributed by atoms with Crippen LogP contribution in [0.2, 0.25) is 0 Å². The predicted octanol–water partition coefficient (Wildman–Crippen LogP) is 1.66. The first-order valence-electron chi connectivity index (χ1n) is 10.2. The van der Waals surface area contributed by atoms with Crippen LogP contribution in [0.4, 0.5) is 11.6 Å². The van der Waals surface area contributed by atoms with Gasteiger partial charge in [-0.25, -0.2) is 9.97 Å². The van der Waals surface area contributed by atoms with E-state index in [2.05, 4.69) is 36.9 Å². The van der Waals surface area contributed by atoms with Gasteiger partial charge in [-0.15, -0.1) is 12.4 Å². The van der Waals surface area contributed by atoms with E-state index in [1.54, 1.807) is 6.33 Å². The highest BCUT2D eigenvalue weighted by Crippen LogP contribution is 2.30. The van der Waals surface area contributed by atoms with Crippen molar-refractivity contribution in [1.29, 1.82) is 0 Å². The van der Waals surface area contributed by atoms with Crippen LogP contribution in [0.25, 0.3) is 0 Å². The first kappa shape index (κ1) is 20.6. The minimum Gasteiger partial charge on any atom is -0.379 e. The van der Waals surface area contributed by atoms with Crippen molar-refractivity contribution in [3.8, 4) is 0 Å². The molecule has 0 aromatic carbocycles. The monoisotopic (exact) mass is 396 g/mol.